The van der Waals surface area contributed by atoms with Crippen LogP contribution in [0.4, 0.5) is 10.5 Å². The number of rotatable bonds is 5. The minimum Gasteiger partial charge on any atom is -0.467 e. The molecule has 0 aliphatic heterocycles. The number of hydrogen-bond acceptors (Lipinski definition) is 3. The summed E-state index contributed by atoms with van der Waals surface area (Å²) in [6.45, 7) is 3.79. The first-order valence-electron chi connectivity index (χ1n) is 6.49. The van der Waals surface area contributed by atoms with Crippen LogP contribution >= 0.6 is 23.2 Å². The van der Waals surface area contributed by atoms with Gasteiger partial charge >= 0.3 is 12.0 Å². The van der Waals surface area contributed by atoms with Crippen LogP contribution in [-0.4, -0.2) is 25.2 Å². The maximum absolute atomic E-state index is 12.0. The van der Waals surface area contributed by atoms with E-state index in [0.717, 1.165) is 6.42 Å². The van der Waals surface area contributed by atoms with Crippen molar-refractivity contribution < 1.29 is 14.3 Å². The van der Waals surface area contributed by atoms with E-state index in [1.807, 2.05) is 13.8 Å². The van der Waals surface area contributed by atoms with Crippen LogP contribution in [0.1, 0.15) is 20.3 Å². The topological polar surface area (TPSA) is 67.4 Å². The van der Waals surface area contributed by atoms with E-state index in [2.05, 4.69) is 10.6 Å². The van der Waals surface area contributed by atoms with Crippen molar-refractivity contribution in [3.05, 3.63) is 28.2 Å². The molecule has 0 saturated carbocycles. The zero-order chi connectivity index (χ0) is 16.0. The van der Waals surface area contributed by atoms with Crippen LogP contribution in [0.5, 0.6) is 0 Å². The van der Waals surface area contributed by atoms with E-state index in [4.69, 9.17) is 27.9 Å². The molecule has 0 aliphatic carbocycles. The molecule has 0 bridgehead atoms. The van der Waals surface area contributed by atoms with E-state index in [1.165, 1.54) is 13.2 Å². The number of benzene rings is 1. The van der Waals surface area contributed by atoms with Crippen LogP contribution in [0.25, 0.3) is 0 Å². The number of carbonyl (C=O) groups excluding carboxylic acids is 2. The van der Waals surface area contributed by atoms with Gasteiger partial charge in [0.2, 0.25) is 0 Å². The molecule has 0 aliphatic rings. The molecule has 0 radical (unpaired) electrons. The van der Waals surface area contributed by atoms with Crippen LogP contribution in [0.15, 0.2) is 18.2 Å². The summed E-state index contributed by atoms with van der Waals surface area (Å²) in [5.74, 6) is -0.523. The summed E-state index contributed by atoms with van der Waals surface area (Å²) >= 11 is 11.7. The van der Waals surface area contributed by atoms with Crippen LogP contribution in [0, 0.1) is 5.92 Å². The summed E-state index contributed by atoms with van der Waals surface area (Å²) in [7, 11) is 1.29. The smallest absolute Gasteiger partial charge is 0.328 e. The van der Waals surface area contributed by atoms with Crippen molar-refractivity contribution in [1.29, 1.82) is 0 Å². The SMILES string of the molecule is CC[C@@H](C)[C@H](NC(=O)Nc1ccc(Cl)c(Cl)c1)C(=O)OC. The molecule has 21 heavy (non-hydrogen) atoms. The Labute approximate surface area is 133 Å². The zero-order valence-electron chi connectivity index (χ0n) is 12.1. The number of hydrogen-bond donors (Lipinski definition) is 2. The Morgan fingerprint density at radius 2 is 1.95 bits per heavy atom. The number of anilines is 1. The van der Waals surface area contributed by atoms with Gasteiger partial charge in [0.15, 0.2) is 0 Å². The second-order valence-corrected chi connectivity index (χ2v) is 5.43. The van der Waals surface area contributed by atoms with Gasteiger partial charge in [-0.15, -0.1) is 0 Å². The molecule has 1 aromatic rings. The Hall–Kier alpha value is -1.46. The average Bonchev–Trinajstić information content (AvgIpc) is 2.47. The van der Waals surface area contributed by atoms with Crippen LogP contribution in [0.2, 0.25) is 10.0 Å². The zero-order valence-corrected chi connectivity index (χ0v) is 13.6. The third-order valence-corrected chi connectivity index (χ3v) is 3.87. The number of methoxy groups -OCH3 is 1. The van der Waals surface area contributed by atoms with Crippen LogP contribution in [0.3, 0.4) is 0 Å². The second-order valence-electron chi connectivity index (χ2n) is 4.61. The largest absolute Gasteiger partial charge is 0.467 e. The lowest BCUT2D eigenvalue weighted by atomic mass is 9.99. The minimum atomic E-state index is -0.706. The molecular weight excluding hydrogens is 315 g/mol. The van der Waals surface area contributed by atoms with Crippen molar-refractivity contribution in [2.45, 2.75) is 26.3 Å². The fourth-order valence-corrected chi connectivity index (χ4v) is 1.98. The second kappa shape index (κ2) is 8.10. The Kier molecular flexibility index (Phi) is 6.78. The van der Waals surface area contributed by atoms with E-state index in [9.17, 15) is 9.59 Å². The third kappa shape index (κ3) is 5.10. The van der Waals surface area contributed by atoms with E-state index in [1.54, 1.807) is 12.1 Å². The summed E-state index contributed by atoms with van der Waals surface area (Å²) < 4.78 is 4.70. The van der Waals surface area contributed by atoms with E-state index in [0.29, 0.717) is 15.7 Å². The lowest BCUT2D eigenvalue weighted by Crippen LogP contribution is -2.47. The molecule has 0 fully saturated rings. The molecule has 0 unspecified atom stereocenters. The molecular formula is C14H18Cl2N2O3. The summed E-state index contributed by atoms with van der Waals surface area (Å²) in [6, 6.07) is 3.50. The van der Waals surface area contributed by atoms with Crippen LogP contribution in [-0.2, 0) is 9.53 Å². The maximum Gasteiger partial charge on any atom is 0.328 e. The Bertz CT molecular complexity index is 523. The highest BCUT2D eigenvalue weighted by atomic mass is 35.5. The van der Waals surface area contributed by atoms with Gasteiger partial charge in [-0.2, -0.15) is 0 Å². The van der Waals surface area contributed by atoms with Crippen molar-refractivity contribution >= 4 is 40.9 Å². The molecule has 2 amide bonds. The van der Waals surface area contributed by atoms with Crippen molar-refractivity contribution in [3.8, 4) is 0 Å². The molecule has 116 valence electrons. The molecule has 5 nitrogen and oxygen atoms in total. The first-order valence-corrected chi connectivity index (χ1v) is 7.25. The molecule has 1 aromatic carbocycles. The fourth-order valence-electron chi connectivity index (χ4n) is 1.68. The molecule has 2 atom stereocenters. The van der Waals surface area contributed by atoms with Crippen LogP contribution < -0.4 is 10.6 Å². The normalized spacial score (nSPS) is 13.2. The summed E-state index contributed by atoms with van der Waals surface area (Å²) in [4.78, 5) is 23.6. The van der Waals surface area contributed by atoms with Gasteiger partial charge in [-0.1, -0.05) is 43.5 Å². The van der Waals surface area contributed by atoms with Gasteiger partial charge in [0, 0.05) is 5.69 Å². The van der Waals surface area contributed by atoms with Crippen molar-refractivity contribution in [2.75, 3.05) is 12.4 Å². The number of nitrogens with one attached hydrogen (secondary N) is 2. The molecule has 0 heterocycles. The highest BCUT2D eigenvalue weighted by molar-refractivity contribution is 6.42. The van der Waals surface area contributed by atoms with Gasteiger partial charge in [0.25, 0.3) is 0 Å². The molecule has 0 aromatic heterocycles. The lowest BCUT2D eigenvalue weighted by Gasteiger charge is -2.22. The van der Waals surface area contributed by atoms with Gasteiger partial charge in [0.1, 0.15) is 6.04 Å². The monoisotopic (exact) mass is 332 g/mol. The highest BCUT2D eigenvalue weighted by Gasteiger charge is 2.26. The predicted molar refractivity (Wildman–Crippen MR) is 83.9 cm³/mol. The first-order chi connectivity index (χ1) is 9.88. The van der Waals surface area contributed by atoms with Gasteiger partial charge in [0.05, 0.1) is 17.2 Å². The molecule has 0 saturated heterocycles. The number of halogens is 2. The van der Waals surface area contributed by atoms with Gasteiger partial charge in [-0.05, 0) is 24.1 Å². The Morgan fingerprint density at radius 3 is 2.48 bits per heavy atom. The van der Waals surface area contributed by atoms with Gasteiger partial charge in [-0.25, -0.2) is 9.59 Å². The Balaban J connectivity index is 2.73. The standard InChI is InChI=1S/C14H18Cl2N2O3/c1-4-8(2)12(13(19)21-3)18-14(20)17-9-5-6-10(15)11(16)7-9/h5-8,12H,4H2,1-3H3,(H2,17,18,20)/t8-,12+/m1/s1. The highest BCUT2D eigenvalue weighted by Crippen LogP contribution is 2.25. The number of ether oxygens (including phenoxy) is 1. The number of carbonyl (C=O) groups is 2. The quantitative estimate of drug-likeness (QED) is 0.808. The van der Waals surface area contributed by atoms with Gasteiger partial charge < -0.3 is 15.4 Å². The summed E-state index contributed by atoms with van der Waals surface area (Å²) in [5, 5.41) is 5.93. The summed E-state index contributed by atoms with van der Waals surface area (Å²) in [6.07, 6.45) is 0.729. The predicted octanol–water partition coefficient (Wildman–Crippen LogP) is 3.70. The number of urea groups is 1. The fraction of sp³-hybridized carbons (Fsp3) is 0.429. The van der Waals surface area contributed by atoms with Crippen molar-refractivity contribution in [2.24, 2.45) is 5.92 Å². The number of amides is 2. The van der Waals surface area contributed by atoms with E-state index in [-0.39, 0.29) is 5.92 Å². The molecule has 1 rings (SSSR count). The summed E-state index contributed by atoms with van der Waals surface area (Å²) in [5.41, 5.74) is 0.481. The number of esters is 1. The molecule has 2 N–H and O–H groups in total. The lowest BCUT2D eigenvalue weighted by molar-refractivity contribution is -0.144. The molecule has 0 spiro atoms. The average molecular weight is 333 g/mol. The first kappa shape index (κ1) is 17.6. The van der Waals surface area contributed by atoms with E-state index < -0.39 is 18.0 Å². The van der Waals surface area contributed by atoms with Gasteiger partial charge in [-0.3, -0.25) is 0 Å². The Morgan fingerprint density at radius 1 is 1.29 bits per heavy atom. The maximum atomic E-state index is 12.0. The van der Waals surface area contributed by atoms with Crippen molar-refractivity contribution in [3.63, 3.8) is 0 Å². The van der Waals surface area contributed by atoms with Crippen molar-refractivity contribution in [1.82, 2.24) is 5.32 Å². The molecule has 7 heteroatoms. The minimum absolute atomic E-state index is 0.0444. The van der Waals surface area contributed by atoms with E-state index >= 15 is 0 Å². The third-order valence-electron chi connectivity index (χ3n) is 3.13.